The van der Waals surface area contributed by atoms with Gasteiger partial charge in [-0.3, -0.25) is 4.31 Å². The van der Waals surface area contributed by atoms with Crippen LogP contribution in [0.4, 0.5) is 11.4 Å². The predicted octanol–water partition coefficient (Wildman–Crippen LogP) is 2.50. The van der Waals surface area contributed by atoms with Crippen molar-refractivity contribution in [3.8, 4) is 5.75 Å². The molecule has 0 atom stereocenters. The highest BCUT2D eigenvalue weighted by Crippen LogP contribution is 2.29. The summed E-state index contributed by atoms with van der Waals surface area (Å²) in [4.78, 5) is 0.168. The third-order valence-electron chi connectivity index (χ3n) is 3.22. The van der Waals surface area contributed by atoms with Gasteiger partial charge in [-0.2, -0.15) is 0 Å². The molecule has 0 fully saturated rings. The van der Waals surface area contributed by atoms with Gasteiger partial charge in [0.1, 0.15) is 5.75 Å². The summed E-state index contributed by atoms with van der Waals surface area (Å²) in [5.74, 6) is 0.0292. The fourth-order valence-corrected chi connectivity index (χ4v) is 3.63. The number of anilines is 2. The first-order valence-electron chi connectivity index (χ1n) is 6.54. The number of phenols is 1. The summed E-state index contributed by atoms with van der Waals surface area (Å²) in [6.45, 7) is 3.81. The maximum atomic E-state index is 12.7. The molecule has 6 heteroatoms. The van der Waals surface area contributed by atoms with Crippen molar-refractivity contribution in [3.05, 3.63) is 48.0 Å². The molecule has 21 heavy (non-hydrogen) atoms. The first kappa shape index (κ1) is 15.2. The zero-order valence-corrected chi connectivity index (χ0v) is 12.8. The highest BCUT2D eigenvalue weighted by molar-refractivity contribution is 7.92. The molecule has 0 saturated heterocycles. The van der Waals surface area contributed by atoms with E-state index in [1.807, 2.05) is 0 Å². The molecule has 2 aromatic rings. The molecule has 0 amide bonds. The van der Waals surface area contributed by atoms with Crippen LogP contribution in [0.5, 0.6) is 5.75 Å². The molecule has 0 bridgehead atoms. The summed E-state index contributed by atoms with van der Waals surface area (Å²) in [6.07, 6.45) is 0. The Morgan fingerprint density at radius 3 is 2.33 bits per heavy atom. The van der Waals surface area contributed by atoms with Crippen LogP contribution in [0.2, 0.25) is 0 Å². The fourth-order valence-electron chi connectivity index (χ4n) is 2.10. The van der Waals surface area contributed by atoms with E-state index in [1.165, 1.54) is 28.6 Å². The Balaban J connectivity index is 2.54. The molecule has 0 radical (unpaired) electrons. The average molecular weight is 306 g/mol. The van der Waals surface area contributed by atoms with Crippen LogP contribution in [0.1, 0.15) is 12.5 Å². The van der Waals surface area contributed by atoms with Gasteiger partial charge in [0.05, 0.1) is 10.6 Å². The number of aryl methyl sites for hydroxylation is 1. The lowest BCUT2D eigenvalue weighted by atomic mass is 10.2. The lowest BCUT2D eigenvalue weighted by Crippen LogP contribution is -2.31. The third kappa shape index (κ3) is 2.95. The van der Waals surface area contributed by atoms with E-state index in [0.717, 1.165) is 5.56 Å². The van der Waals surface area contributed by atoms with Gasteiger partial charge in [-0.05, 0) is 49.7 Å². The molecule has 5 nitrogen and oxygen atoms in total. The molecule has 2 aromatic carbocycles. The Bertz CT molecular complexity index is 740. The topological polar surface area (TPSA) is 83.6 Å². The molecule has 112 valence electrons. The second kappa shape index (κ2) is 5.65. The molecule has 2 rings (SSSR count). The summed E-state index contributed by atoms with van der Waals surface area (Å²) in [6, 6.07) is 10.7. The van der Waals surface area contributed by atoms with Gasteiger partial charge >= 0.3 is 0 Å². The van der Waals surface area contributed by atoms with Crippen molar-refractivity contribution in [2.75, 3.05) is 16.6 Å². The van der Waals surface area contributed by atoms with E-state index in [2.05, 4.69) is 0 Å². The summed E-state index contributed by atoms with van der Waals surface area (Å²) < 4.78 is 26.8. The number of aromatic hydroxyl groups is 1. The van der Waals surface area contributed by atoms with Gasteiger partial charge in [-0.25, -0.2) is 8.42 Å². The van der Waals surface area contributed by atoms with Crippen molar-refractivity contribution in [2.45, 2.75) is 18.7 Å². The Hall–Kier alpha value is -2.21. The number of sulfonamides is 1. The number of nitrogen functional groups attached to an aromatic ring is 1. The first-order valence-corrected chi connectivity index (χ1v) is 7.98. The number of nitrogens with two attached hydrogens (primary N) is 1. The highest BCUT2D eigenvalue weighted by atomic mass is 32.2. The SMILES string of the molecule is CCN(c1cc(O)ccc1C)S(=O)(=O)c1ccc(N)cc1. The normalized spacial score (nSPS) is 11.3. The number of nitrogens with zero attached hydrogens (tertiary/aromatic N) is 1. The molecule has 0 heterocycles. The minimum Gasteiger partial charge on any atom is -0.508 e. The Labute approximate surface area is 124 Å². The molecule has 0 spiro atoms. The van der Waals surface area contributed by atoms with Crippen LogP contribution in [-0.2, 0) is 10.0 Å². The van der Waals surface area contributed by atoms with Gasteiger partial charge in [-0.1, -0.05) is 6.07 Å². The van der Waals surface area contributed by atoms with E-state index in [0.29, 0.717) is 11.4 Å². The molecular weight excluding hydrogens is 288 g/mol. The minimum atomic E-state index is -3.69. The number of hydrogen-bond donors (Lipinski definition) is 2. The van der Waals surface area contributed by atoms with E-state index in [1.54, 1.807) is 32.0 Å². The zero-order chi connectivity index (χ0) is 15.6. The van der Waals surface area contributed by atoms with E-state index in [-0.39, 0.29) is 17.2 Å². The molecule has 0 aromatic heterocycles. The van der Waals surface area contributed by atoms with Crippen LogP contribution in [0, 0.1) is 6.92 Å². The van der Waals surface area contributed by atoms with E-state index in [9.17, 15) is 13.5 Å². The molecular formula is C15H18N2O3S. The number of rotatable bonds is 4. The van der Waals surface area contributed by atoms with Crippen molar-refractivity contribution >= 4 is 21.4 Å². The predicted molar refractivity (Wildman–Crippen MR) is 83.9 cm³/mol. The van der Waals surface area contributed by atoms with E-state index < -0.39 is 10.0 Å². The summed E-state index contributed by atoms with van der Waals surface area (Å²) >= 11 is 0. The van der Waals surface area contributed by atoms with Gasteiger partial charge in [0.2, 0.25) is 0 Å². The van der Waals surface area contributed by atoms with Crippen LogP contribution >= 0.6 is 0 Å². The van der Waals surface area contributed by atoms with Gasteiger partial charge in [0.25, 0.3) is 10.0 Å². The van der Waals surface area contributed by atoms with Crippen LogP contribution in [0.25, 0.3) is 0 Å². The average Bonchev–Trinajstić information content (AvgIpc) is 2.43. The lowest BCUT2D eigenvalue weighted by molar-refractivity contribution is 0.475. The fraction of sp³-hybridized carbons (Fsp3) is 0.200. The van der Waals surface area contributed by atoms with Crippen LogP contribution in [0.3, 0.4) is 0 Å². The maximum absolute atomic E-state index is 12.7. The van der Waals surface area contributed by atoms with Gasteiger partial charge < -0.3 is 10.8 Å². The highest BCUT2D eigenvalue weighted by Gasteiger charge is 2.24. The van der Waals surface area contributed by atoms with E-state index in [4.69, 9.17) is 5.73 Å². The Morgan fingerprint density at radius 1 is 1.14 bits per heavy atom. The van der Waals surface area contributed by atoms with Crippen LogP contribution in [-0.4, -0.2) is 20.1 Å². The van der Waals surface area contributed by atoms with E-state index >= 15 is 0 Å². The summed E-state index contributed by atoms with van der Waals surface area (Å²) in [5, 5.41) is 9.62. The largest absolute Gasteiger partial charge is 0.508 e. The first-order chi connectivity index (χ1) is 9.86. The molecule has 0 unspecified atom stereocenters. The number of benzene rings is 2. The number of hydrogen-bond acceptors (Lipinski definition) is 4. The quantitative estimate of drug-likeness (QED) is 0.850. The Morgan fingerprint density at radius 2 is 1.76 bits per heavy atom. The minimum absolute atomic E-state index is 0.0292. The summed E-state index contributed by atoms with van der Waals surface area (Å²) in [7, 11) is -3.69. The van der Waals surface area contributed by atoms with Gasteiger partial charge in [0, 0.05) is 18.3 Å². The number of phenolic OH excluding ortho intramolecular Hbond substituents is 1. The van der Waals surface area contributed by atoms with Crippen molar-refractivity contribution < 1.29 is 13.5 Å². The molecule has 0 aliphatic heterocycles. The van der Waals surface area contributed by atoms with Crippen molar-refractivity contribution in [1.82, 2.24) is 0 Å². The monoisotopic (exact) mass is 306 g/mol. The molecule has 0 saturated carbocycles. The van der Waals surface area contributed by atoms with Crippen LogP contribution in [0.15, 0.2) is 47.4 Å². The van der Waals surface area contributed by atoms with Gasteiger partial charge in [0.15, 0.2) is 0 Å². The summed E-state index contributed by atoms with van der Waals surface area (Å²) in [5.41, 5.74) is 7.34. The lowest BCUT2D eigenvalue weighted by Gasteiger charge is -2.24. The third-order valence-corrected chi connectivity index (χ3v) is 5.12. The molecule has 3 N–H and O–H groups in total. The van der Waals surface area contributed by atoms with Crippen molar-refractivity contribution in [3.63, 3.8) is 0 Å². The van der Waals surface area contributed by atoms with Crippen molar-refractivity contribution in [1.29, 1.82) is 0 Å². The van der Waals surface area contributed by atoms with Crippen LogP contribution < -0.4 is 10.0 Å². The molecule has 0 aliphatic carbocycles. The smallest absolute Gasteiger partial charge is 0.264 e. The Kier molecular flexibility index (Phi) is 4.09. The molecule has 0 aliphatic rings. The second-order valence-electron chi connectivity index (χ2n) is 4.71. The second-order valence-corrected chi connectivity index (χ2v) is 6.57. The maximum Gasteiger partial charge on any atom is 0.264 e. The standard InChI is InChI=1S/C15H18N2O3S/c1-3-17(15-10-13(18)7-4-11(15)2)21(19,20)14-8-5-12(16)6-9-14/h4-10,18H,3,16H2,1-2H3. The van der Waals surface area contributed by atoms with Crippen molar-refractivity contribution in [2.24, 2.45) is 0 Å². The zero-order valence-electron chi connectivity index (χ0n) is 11.9. The van der Waals surface area contributed by atoms with Gasteiger partial charge in [-0.15, -0.1) is 0 Å².